The normalized spacial score (nSPS) is 11.6. The zero-order valence-electron chi connectivity index (χ0n) is 14.0. The Kier molecular flexibility index (Phi) is 4.62. The van der Waals surface area contributed by atoms with Crippen molar-refractivity contribution in [2.45, 2.75) is 11.4 Å². The van der Waals surface area contributed by atoms with E-state index in [0.717, 1.165) is 17.1 Å². The molecule has 0 atom stereocenters. The van der Waals surface area contributed by atoms with Gasteiger partial charge in [0.25, 0.3) is 5.69 Å². The number of para-hydroxylation sites is 2. The summed E-state index contributed by atoms with van der Waals surface area (Å²) in [6, 6.07) is 10.8. The Bertz CT molecular complexity index is 1090. The molecule has 0 aliphatic heterocycles. The molecule has 9 nitrogen and oxygen atoms in total. The summed E-state index contributed by atoms with van der Waals surface area (Å²) in [4.78, 5) is 14.4. The van der Waals surface area contributed by atoms with Gasteiger partial charge in [0.2, 0.25) is 10.0 Å². The van der Waals surface area contributed by atoms with Gasteiger partial charge < -0.3 is 9.30 Å². The van der Waals surface area contributed by atoms with E-state index < -0.39 is 14.9 Å². The Morgan fingerprint density at radius 3 is 2.65 bits per heavy atom. The average Bonchev–Trinajstić information content (AvgIpc) is 2.96. The SMILES string of the molecule is COc1ccc([N+](=O)[O-])cc1S(=O)(=O)NCc1nc2ccccc2n1C. The van der Waals surface area contributed by atoms with Gasteiger partial charge in [0.05, 0.1) is 29.6 Å². The van der Waals surface area contributed by atoms with Crippen LogP contribution in [-0.4, -0.2) is 30.0 Å². The minimum absolute atomic E-state index is 0.0214. The molecule has 0 saturated carbocycles. The fourth-order valence-electron chi connectivity index (χ4n) is 2.58. The number of hydrogen-bond donors (Lipinski definition) is 1. The first-order chi connectivity index (χ1) is 12.3. The molecule has 0 saturated heterocycles. The number of rotatable bonds is 6. The van der Waals surface area contributed by atoms with E-state index in [1.807, 2.05) is 24.3 Å². The van der Waals surface area contributed by atoms with Crippen molar-refractivity contribution in [2.24, 2.45) is 7.05 Å². The predicted molar refractivity (Wildman–Crippen MR) is 94.4 cm³/mol. The van der Waals surface area contributed by atoms with Crippen LogP contribution in [0.2, 0.25) is 0 Å². The molecule has 10 heteroatoms. The molecule has 0 spiro atoms. The minimum Gasteiger partial charge on any atom is -0.495 e. The number of aromatic nitrogens is 2. The summed E-state index contributed by atoms with van der Waals surface area (Å²) >= 11 is 0. The third-order valence-corrected chi connectivity index (χ3v) is 5.37. The van der Waals surface area contributed by atoms with Gasteiger partial charge in [-0.25, -0.2) is 18.1 Å². The molecule has 3 rings (SSSR count). The van der Waals surface area contributed by atoms with Gasteiger partial charge in [0.1, 0.15) is 16.5 Å². The van der Waals surface area contributed by atoms with Gasteiger partial charge in [-0.15, -0.1) is 0 Å². The number of hydrogen-bond acceptors (Lipinski definition) is 6. The van der Waals surface area contributed by atoms with Crippen molar-refractivity contribution in [1.82, 2.24) is 14.3 Å². The Hall–Kier alpha value is -2.98. The number of fused-ring (bicyclic) bond motifs is 1. The van der Waals surface area contributed by atoms with E-state index in [1.165, 1.54) is 19.2 Å². The molecule has 1 N–H and O–H groups in total. The van der Waals surface area contributed by atoms with Gasteiger partial charge in [0, 0.05) is 19.2 Å². The Labute approximate surface area is 149 Å². The first-order valence-corrected chi connectivity index (χ1v) is 9.04. The summed E-state index contributed by atoms with van der Waals surface area (Å²) in [5.41, 5.74) is 1.28. The predicted octanol–water partition coefficient (Wildman–Crippen LogP) is 1.97. The number of nitro benzene ring substituents is 1. The van der Waals surface area contributed by atoms with Crippen molar-refractivity contribution in [3.05, 3.63) is 58.4 Å². The fraction of sp³-hybridized carbons (Fsp3) is 0.188. The van der Waals surface area contributed by atoms with Crippen LogP contribution in [0.25, 0.3) is 11.0 Å². The lowest BCUT2D eigenvalue weighted by atomic mass is 10.3. The number of sulfonamides is 1. The molecule has 2 aromatic carbocycles. The quantitative estimate of drug-likeness (QED) is 0.519. The molecule has 26 heavy (non-hydrogen) atoms. The van der Waals surface area contributed by atoms with Gasteiger partial charge >= 0.3 is 0 Å². The monoisotopic (exact) mass is 376 g/mol. The summed E-state index contributed by atoms with van der Waals surface area (Å²) in [6.45, 7) is -0.0701. The number of nitrogens with one attached hydrogen (secondary N) is 1. The number of ether oxygens (including phenoxy) is 1. The van der Waals surface area contributed by atoms with Crippen molar-refractivity contribution < 1.29 is 18.1 Å². The molecular weight excluding hydrogens is 360 g/mol. The summed E-state index contributed by atoms with van der Waals surface area (Å²) in [7, 11) is -0.962. The smallest absolute Gasteiger partial charge is 0.271 e. The number of nitrogens with zero attached hydrogens (tertiary/aromatic N) is 3. The van der Waals surface area contributed by atoms with Crippen LogP contribution in [0, 0.1) is 10.1 Å². The number of imidazole rings is 1. The van der Waals surface area contributed by atoms with E-state index in [9.17, 15) is 18.5 Å². The largest absolute Gasteiger partial charge is 0.495 e. The summed E-state index contributed by atoms with van der Waals surface area (Å²) in [6.07, 6.45) is 0. The minimum atomic E-state index is -4.04. The van der Waals surface area contributed by atoms with Crippen LogP contribution in [0.5, 0.6) is 5.75 Å². The molecule has 0 bridgehead atoms. The maximum Gasteiger partial charge on any atom is 0.271 e. The third-order valence-electron chi connectivity index (χ3n) is 3.95. The highest BCUT2D eigenvalue weighted by atomic mass is 32.2. The first-order valence-electron chi connectivity index (χ1n) is 7.56. The van der Waals surface area contributed by atoms with Gasteiger partial charge in [-0.2, -0.15) is 0 Å². The molecule has 0 fully saturated rings. The van der Waals surface area contributed by atoms with Gasteiger partial charge in [-0.05, 0) is 18.2 Å². The Morgan fingerprint density at radius 2 is 2.00 bits per heavy atom. The summed E-state index contributed by atoms with van der Waals surface area (Å²) < 4.78 is 34.5. The van der Waals surface area contributed by atoms with E-state index >= 15 is 0 Å². The number of aryl methyl sites for hydroxylation is 1. The molecule has 0 aliphatic carbocycles. The molecular formula is C16H16N4O5S. The van der Waals surface area contributed by atoms with Crippen LogP contribution in [-0.2, 0) is 23.6 Å². The van der Waals surface area contributed by atoms with Crippen molar-refractivity contribution in [2.75, 3.05) is 7.11 Å². The number of benzene rings is 2. The van der Waals surface area contributed by atoms with E-state index in [-0.39, 0.29) is 22.9 Å². The van der Waals surface area contributed by atoms with Crippen LogP contribution in [0.3, 0.4) is 0 Å². The second kappa shape index (κ2) is 6.73. The topological polar surface area (TPSA) is 116 Å². The van der Waals surface area contributed by atoms with Gasteiger partial charge in [-0.3, -0.25) is 10.1 Å². The van der Waals surface area contributed by atoms with Crippen molar-refractivity contribution >= 4 is 26.7 Å². The Balaban J connectivity index is 1.92. The Morgan fingerprint density at radius 1 is 1.27 bits per heavy atom. The lowest BCUT2D eigenvalue weighted by Crippen LogP contribution is -2.25. The average molecular weight is 376 g/mol. The summed E-state index contributed by atoms with van der Waals surface area (Å²) in [5, 5.41) is 10.9. The van der Waals surface area contributed by atoms with Gasteiger partial charge in [0.15, 0.2) is 0 Å². The van der Waals surface area contributed by atoms with Crippen LogP contribution in [0.4, 0.5) is 5.69 Å². The highest BCUT2D eigenvalue weighted by Crippen LogP contribution is 2.28. The highest BCUT2D eigenvalue weighted by molar-refractivity contribution is 7.89. The number of nitro groups is 1. The first kappa shape index (κ1) is 17.8. The number of methoxy groups -OCH3 is 1. The van der Waals surface area contributed by atoms with Crippen LogP contribution < -0.4 is 9.46 Å². The van der Waals surface area contributed by atoms with Crippen LogP contribution in [0.15, 0.2) is 47.4 Å². The van der Waals surface area contributed by atoms with Crippen LogP contribution in [0.1, 0.15) is 5.82 Å². The molecule has 136 valence electrons. The van der Waals surface area contributed by atoms with E-state index in [1.54, 1.807) is 11.6 Å². The van der Waals surface area contributed by atoms with Crippen molar-refractivity contribution in [3.8, 4) is 5.75 Å². The molecule has 0 aliphatic rings. The maximum atomic E-state index is 12.6. The highest BCUT2D eigenvalue weighted by Gasteiger charge is 2.23. The van der Waals surface area contributed by atoms with Crippen LogP contribution >= 0.6 is 0 Å². The van der Waals surface area contributed by atoms with E-state index in [4.69, 9.17) is 4.74 Å². The standard InChI is InChI=1S/C16H16N4O5S/c1-19-13-6-4-3-5-12(13)18-16(19)10-17-26(23,24)15-9-11(20(21)22)7-8-14(15)25-2/h3-9,17H,10H2,1-2H3. The second-order valence-corrected chi connectivity index (χ2v) is 7.23. The lowest BCUT2D eigenvalue weighted by Gasteiger charge is -2.10. The lowest BCUT2D eigenvalue weighted by molar-refractivity contribution is -0.385. The third kappa shape index (κ3) is 3.24. The molecule has 0 radical (unpaired) electrons. The summed E-state index contributed by atoms with van der Waals surface area (Å²) in [5.74, 6) is 0.535. The van der Waals surface area contributed by atoms with Gasteiger partial charge in [-0.1, -0.05) is 12.1 Å². The molecule has 0 amide bonds. The number of non-ortho nitro benzene ring substituents is 1. The van der Waals surface area contributed by atoms with Crippen molar-refractivity contribution in [1.29, 1.82) is 0 Å². The molecule has 0 unspecified atom stereocenters. The zero-order valence-corrected chi connectivity index (χ0v) is 14.9. The molecule has 1 aromatic heterocycles. The van der Waals surface area contributed by atoms with E-state index in [2.05, 4.69) is 9.71 Å². The fourth-order valence-corrected chi connectivity index (χ4v) is 3.75. The maximum absolute atomic E-state index is 12.6. The zero-order chi connectivity index (χ0) is 18.9. The van der Waals surface area contributed by atoms with Crippen molar-refractivity contribution in [3.63, 3.8) is 0 Å². The second-order valence-electron chi connectivity index (χ2n) is 5.49. The molecule has 1 heterocycles. The van der Waals surface area contributed by atoms with E-state index in [0.29, 0.717) is 5.82 Å². The molecule has 3 aromatic rings.